The average Bonchev–Trinajstić information content (AvgIpc) is 2.16. The molecular weight excluding hydrogens is 202 g/mol. The summed E-state index contributed by atoms with van der Waals surface area (Å²) in [6.45, 7) is 1.73. The van der Waals surface area contributed by atoms with Gasteiger partial charge in [-0.05, 0) is 25.1 Å². The lowest BCUT2D eigenvalue weighted by Gasteiger charge is -2.12. The molecule has 0 saturated carbocycles. The minimum Gasteiger partial charge on any atom is -0.467 e. The molecule has 1 unspecified atom stereocenters. The molecule has 1 aromatic rings. The van der Waals surface area contributed by atoms with Gasteiger partial charge in [0.15, 0.2) is 0 Å². The Morgan fingerprint density at radius 3 is 2.86 bits per heavy atom. The topological polar surface area (TPSA) is 38.3 Å². The summed E-state index contributed by atoms with van der Waals surface area (Å²) in [7, 11) is 1.36. The van der Waals surface area contributed by atoms with Crippen LogP contribution in [-0.4, -0.2) is 19.1 Å². The van der Waals surface area contributed by atoms with E-state index in [0.717, 1.165) is 5.69 Å². The summed E-state index contributed by atoms with van der Waals surface area (Å²) < 4.78 is 4.58. The van der Waals surface area contributed by atoms with Gasteiger partial charge in [-0.3, -0.25) is 0 Å². The van der Waals surface area contributed by atoms with Gasteiger partial charge in [0.1, 0.15) is 6.04 Å². The van der Waals surface area contributed by atoms with E-state index in [2.05, 4.69) is 10.1 Å². The van der Waals surface area contributed by atoms with Crippen LogP contribution in [-0.2, 0) is 9.53 Å². The van der Waals surface area contributed by atoms with Gasteiger partial charge in [0.25, 0.3) is 0 Å². The van der Waals surface area contributed by atoms with Crippen LogP contribution in [0.1, 0.15) is 6.92 Å². The van der Waals surface area contributed by atoms with Gasteiger partial charge in [-0.1, -0.05) is 17.7 Å². The molecule has 0 spiro atoms. The Kier molecular flexibility index (Phi) is 3.77. The molecule has 0 amide bonds. The first-order chi connectivity index (χ1) is 6.63. The summed E-state index contributed by atoms with van der Waals surface area (Å²) in [6.07, 6.45) is 0. The van der Waals surface area contributed by atoms with Gasteiger partial charge < -0.3 is 10.1 Å². The molecule has 14 heavy (non-hydrogen) atoms. The fourth-order valence-corrected chi connectivity index (χ4v) is 1.25. The van der Waals surface area contributed by atoms with Crippen molar-refractivity contribution in [2.24, 2.45) is 0 Å². The van der Waals surface area contributed by atoms with E-state index in [1.807, 2.05) is 12.1 Å². The van der Waals surface area contributed by atoms with Crippen LogP contribution in [0.2, 0.25) is 5.02 Å². The number of carbonyl (C=O) groups excluding carboxylic acids is 1. The molecule has 1 atom stereocenters. The van der Waals surface area contributed by atoms with Gasteiger partial charge in [0.2, 0.25) is 0 Å². The molecule has 0 saturated heterocycles. The number of benzene rings is 1. The molecule has 0 heterocycles. The number of nitrogens with one attached hydrogen (secondary N) is 1. The maximum Gasteiger partial charge on any atom is 0.327 e. The second kappa shape index (κ2) is 4.86. The predicted molar refractivity (Wildman–Crippen MR) is 56.6 cm³/mol. The Morgan fingerprint density at radius 1 is 1.57 bits per heavy atom. The summed E-state index contributed by atoms with van der Waals surface area (Å²) in [6, 6.07) is 6.80. The smallest absolute Gasteiger partial charge is 0.327 e. The standard InChI is InChI=1S/C10H12ClNO2/c1-7(10(13)14-2)12-9-5-3-4-8(11)6-9/h3-7,12H,1-2H3. The second-order valence-corrected chi connectivity index (χ2v) is 3.34. The first kappa shape index (κ1) is 10.9. The summed E-state index contributed by atoms with van der Waals surface area (Å²) >= 11 is 5.79. The van der Waals surface area contributed by atoms with Crippen LogP contribution in [0.5, 0.6) is 0 Å². The molecule has 3 nitrogen and oxygen atoms in total. The van der Waals surface area contributed by atoms with Gasteiger partial charge in [0.05, 0.1) is 7.11 Å². The van der Waals surface area contributed by atoms with Crippen LogP contribution in [0.3, 0.4) is 0 Å². The summed E-state index contributed by atoms with van der Waals surface area (Å²) in [4.78, 5) is 11.1. The zero-order chi connectivity index (χ0) is 10.6. The minimum atomic E-state index is -0.376. The van der Waals surface area contributed by atoms with Gasteiger partial charge in [0, 0.05) is 10.7 Å². The third-order valence-electron chi connectivity index (χ3n) is 1.76. The maximum absolute atomic E-state index is 11.1. The molecule has 0 aromatic heterocycles. The summed E-state index contributed by atoms with van der Waals surface area (Å²) in [5, 5.41) is 3.61. The summed E-state index contributed by atoms with van der Waals surface area (Å²) in [5.74, 6) is -0.301. The van der Waals surface area contributed by atoms with Gasteiger partial charge >= 0.3 is 5.97 Å². The number of methoxy groups -OCH3 is 1. The zero-order valence-electron chi connectivity index (χ0n) is 8.08. The summed E-state index contributed by atoms with van der Waals surface area (Å²) in [5.41, 5.74) is 0.801. The van der Waals surface area contributed by atoms with E-state index in [1.165, 1.54) is 7.11 Å². The Labute approximate surface area is 88.0 Å². The third-order valence-corrected chi connectivity index (χ3v) is 2.00. The highest BCUT2D eigenvalue weighted by molar-refractivity contribution is 6.30. The van der Waals surface area contributed by atoms with Crippen molar-refractivity contribution >= 4 is 23.3 Å². The first-order valence-electron chi connectivity index (χ1n) is 4.23. The van der Waals surface area contributed by atoms with Crippen molar-refractivity contribution in [2.75, 3.05) is 12.4 Å². The Balaban J connectivity index is 2.64. The molecule has 1 rings (SSSR count). The van der Waals surface area contributed by atoms with E-state index < -0.39 is 0 Å². The fraction of sp³-hybridized carbons (Fsp3) is 0.300. The third kappa shape index (κ3) is 2.92. The molecule has 0 fully saturated rings. The van der Waals surface area contributed by atoms with Crippen LogP contribution in [0.4, 0.5) is 5.69 Å². The van der Waals surface area contributed by atoms with E-state index in [9.17, 15) is 4.79 Å². The molecule has 4 heteroatoms. The van der Waals surface area contributed by atoms with Gasteiger partial charge in [-0.25, -0.2) is 4.79 Å². The number of ether oxygens (including phenoxy) is 1. The van der Waals surface area contributed by atoms with Crippen molar-refractivity contribution in [3.05, 3.63) is 29.3 Å². The van der Waals surface area contributed by atoms with Crippen LogP contribution < -0.4 is 5.32 Å². The molecule has 0 aliphatic carbocycles. The highest BCUT2D eigenvalue weighted by Gasteiger charge is 2.11. The normalized spacial score (nSPS) is 11.9. The molecule has 1 N–H and O–H groups in total. The second-order valence-electron chi connectivity index (χ2n) is 2.90. The number of hydrogen-bond acceptors (Lipinski definition) is 3. The molecule has 76 valence electrons. The Hall–Kier alpha value is -1.22. The van der Waals surface area contributed by atoms with Crippen LogP contribution in [0, 0.1) is 0 Å². The minimum absolute atomic E-state index is 0.301. The lowest BCUT2D eigenvalue weighted by molar-refractivity contribution is -0.141. The molecule has 0 aliphatic heterocycles. The number of rotatable bonds is 3. The number of halogens is 1. The van der Waals surface area contributed by atoms with E-state index in [4.69, 9.17) is 11.6 Å². The molecular formula is C10H12ClNO2. The Morgan fingerprint density at radius 2 is 2.29 bits per heavy atom. The lowest BCUT2D eigenvalue weighted by Crippen LogP contribution is -2.27. The number of esters is 1. The van der Waals surface area contributed by atoms with Crippen molar-refractivity contribution < 1.29 is 9.53 Å². The van der Waals surface area contributed by atoms with E-state index in [-0.39, 0.29) is 12.0 Å². The highest BCUT2D eigenvalue weighted by atomic mass is 35.5. The van der Waals surface area contributed by atoms with E-state index >= 15 is 0 Å². The quantitative estimate of drug-likeness (QED) is 0.784. The number of hydrogen-bond donors (Lipinski definition) is 1. The molecule has 0 bridgehead atoms. The largest absolute Gasteiger partial charge is 0.467 e. The molecule has 1 aromatic carbocycles. The van der Waals surface area contributed by atoms with E-state index in [0.29, 0.717) is 5.02 Å². The average molecular weight is 214 g/mol. The number of anilines is 1. The van der Waals surface area contributed by atoms with Gasteiger partial charge in [-0.15, -0.1) is 0 Å². The van der Waals surface area contributed by atoms with Crippen LogP contribution >= 0.6 is 11.6 Å². The zero-order valence-corrected chi connectivity index (χ0v) is 8.84. The fourth-order valence-electron chi connectivity index (χ4n) is 1.06. The first-order valence-corrected chi connectivity index (χ1v) is 4.61. The van der Waals surface area contributed by atoms with Crippen LogP contribution in [0.25, 0.3) is 0 Å². The predicted octanol–water partition coefficient (Wildman–Crippen LogP) is 2.31. The van der Waals surface area contributed by atoms with Crippen molar-refractivity contribution in [3.63, 3.8) is 0 Å². The van der Waals surface area contributed by atoms with E-state index in [1.54, 1.807) is 19.1 Å². The Bertz CT molecular complexity index is 328. The molecule has 0 radical (unpaired) electrons. The van der Waals surface area contributed by atoms with Crippen molar-refractivity contribution in [3.8, 4) is 0 Å². The lowest BCUT2D eigenvalue weighted by atomic mass is 10.2. The maximum atomic E-state index is 11.1. The van der Waals surface area contributed by atoms with Crippen molar-refractivity contribution in [1.82, 2.24) is 0 Å². The SMILES string of the molecule is COC(=O)C(C)Nc1cccc(Cl)c1. The molecule has 0 aliphatic rings. The number of carbonyl (C=O) groups is 1. The van der Waals surface area contributed by atoms with Crippen molar-refractivity contribution in [2.45, 2.75) is 13.0 Å². The van der Waals surface area contributed by atoms with Gasteiger partial charge in [-0.2, -0.15) is 0 Å². The highest BCUT2D eigenvalue weighted by Crippen LogP contribution is 2.15. The monoisotopic (exact) mass is 213 g/mol. The van der Waals surface area contributed by atoms with Crippen LogP contribution in [0.15, 0.2) is 24.3 Å². The van der Waals surface area contributed by atoms with Crippen molar-refractivity contribution in [1.29, 1.82) is 0 Å².